The van der Waals surface area contributed by atoms with Crippen molar-refractivity contribution in [3.05, 3.63) is 64.2 Å². The van der Waals surface area contributed by atoms with Crippen molar-refractivity contribution < 1.29 is 9.90 Å². The van der Waals surface area contributed by atoms with Crippen molar-refractivity contribution in [1.82, 2.24) is 0 Å². The van der Waals surface area contributed by atoms with Crippen LogP contribution in [-0.4, -0.2) is 17.1 Å². The van der Waals surface area contributed by atoms with E-state index in [1.807, 2.05) is 24.3 Å². The van der Waals surface area contributed by atoms with Crippen LogP contribution in [0.15, 0.2) is 42.5 Å². The fourth-order valence-electron chi connectivity index (χ4n) is 3.00. The molecule has 108 valence electrons. The average Bonchev–Trinajstić information content (AvgIpc) is 2.47. The smallest absolute Gasteiger partial charge is 0.326 e. The molecule has 0 amide bonds. The number of benzene rings is 2. The van der Waals surface area contributed by atoms with E-state index in [0.29, 0.717) is 11.4 Å². The molecule has 0 bridgehead atoms. The Hall–Kier alpha value is -2.00. The normalized spacial score (nSPS) is 20.5. The second-order valence-electron chi connectivity index (χ2n) is 5.41. The molecule has 2 unspecified atom stereocenters. The number of anilines is 1. The number of rotatable bonds is 2. The number of halogens is 1. The molecule has 0 radical (unpaired) electrons. The van der Waals surface area contributed by atoms with Crippen molar-refractivity contribution in [3.63, 3.8) is 0 Å². The lowest BCUT2D eigenvalue weighted by Gasteiger charge is -2.32. The van der Waals surface area contributed by atoms with E-state index in [1.54, 1.807) is 6.07 Å². The van der Waals surface area contributed by atoms with Crippen molar-refractivity contribution in [1.29, 1.82) is 0 Å². The highest BCUT2D eigenvalue weighted by molar-refractivity contribution is 6.30. The number of carbonyl (C=O) groups is 1. The average molecular weight is 302 g/mol. The molecule has 0 aliphatic carbocycles. The lowest BCUT2D eigenvalue weighted by Crippen LogP contribution is -2.35. The summed E-state index contributed by atoms with van der Waals surface area (Å²) < 4.78 is 0. The first-order valence-corrected chi connectivity index (χ1v) is 7.28. The molecule has 2 N–H and O–H groups in total. The third kappa shape index (κ3) is 2.61. The van der Waals surface area contributed by atoms with Crippen LogP contribution in [0.25, 0.3) is 0 Å². The number of fused-ring (bicyclic) bond motifs is 1. The fourth-order valence-corrected chi connectivity index (χ4v) is 3.18. The van der Waals surface area contributed by atoms with E-state index in [0.717, 1.165) is 16.8 Å². The van der Waals surface area contributed by atoms with Crippen LogP contribution in [0.2, 0.25) is 5.02 Å². The minimum Gasteiger partial charge on any atom is -0.480 e. The van der Waals surface area contributed by atoms with E-state index < -0.39 is 12.0 Å². The highest BCUT2D eigenvalue weighted by Gasteiger charge is 2.32. The van der Waals surface area contributed by atoms with Crippen LogP contribution < -0.4 is 5.32 Å². The van der Waals surface area contributed by atoms with Gasteiger partial charge in [-0.15, -0.1) is 0 Å². The van der Waals surface area contributed by atoms with Crippen LogP contribution >= 0.6 is 11.6 Å². The maximum Gasteiger partial charge on any atom is 0.326 e. The van der Waals surface area contributed by atoms with E-state index >= 15 is 0 Å². The largest absolute Gasteiger partial charge is 0.480 e. The predicted octanol–water partition coefficient (Wildman–Crippen LogP) is 4.05. The van der Waals surface area contributed by atoms with E-state index in [2.05, 4.69) is 24.4 Å². The van der Waals surface area contributed by atoms with Crippen molar-refractivity contribution in [2.24, 2.45) is 0 Å². The molecule has 2 aromatic rings. The second kappa shape index (κ2) is 5.41. The summed E-state index contributed by atoms with van der Waals surface area (Å²) >= 11 is 6.12. The van der Waals surface area contributed by atoms with Gasteiger partial charge >= 0.3 is 5.97 Å². The molecular formula is C17H16ClNO2. The molecule has 3 nitrogen and oxygen atoms in total. The van der Waals surface area contributed by atoms with Gasteiger partial charge in [0.25, 0.3) is 0 Å². The number of aryl methyl sites for hydroxylation is 1. The quantitative estimate of drug-likeness (QED) is 0.880. The molecule has 4 heteroatoms. The maximum atomic E-state index is 11.4. The molecule has 2 atom stereocenters. The Morgan fingerprint density at radius 3 is 2.71 bits per heavy atom. The maximum absolute atomic E-state index is 11.4. The van der Waals surface area contributed by atoms with Gasteiger partial charge in [-0.2, -0.15) is 0 Å². The summed E-state index contributed by atoms with van der Waals surface area (Å²) in [5, 5.41) is 13.1. The first-order valence-electron chi connectivity index (χ1n) is 6.90. The molecular weight excluding hydrogens is 286 g/mol. The van der Waals surface area contributed by atoms with Crippen LogP contribution in [0.3, 0.4) is 0 Å². The minimum absolute atomic E-state index is 0.0437. The minimum atomic E-state index is -0.825. The Bertz CT molecular complexity index is 699. The third-order valence-corrected chi connectivity index (χ3v) is 4.29. The summed E-state index contributed by atoms with van der Waals surface area (Å²) in [7, 11) is 0. The van der Waals surface area contributed by atoms with Crippen LogP contribution in [-0.2, 0) is 4.79 Å². The van der Waals surface area contributed by atoms with Gasteiger partial charge in [0.05, 0.1) is 0 Å². The zero-order chi connectivity index (χ0) is 15.0. The molecule has 1 aliphatic rings. The summed E-state index contributed by atoms with van der Waals surface area (Å²) in [5.41, 5.74) is 4.24. The number of aliphatic carboxylic acids is 1. The van der Waals surface area contributed by atoms with Gasteiger partial charge in [-0.25, -0.2) is 4.79 Å². The summed E-state index contributed by atoms with van der Waals surface area (Å²) in [6, 6.07) is 13.1. The molecule has 3 rings (SSSR count). The molecule has 1 heterocycles. The van der Waals surface area contributed by atoms with Gasteiger partial charge < -0.3 is 10.4 Å². The summed E-state index contributed by atoms with van der Waals surface area (Å²) in [4.78, 5) is 11.4. The SMILES string of the molecule is Cc1ccccc1C1CC(C(=O)O)Nc2ccc(Cl)cc21. The Kier molecular flexibility index (Phi) is 3.60. The van der Waals surface area contributed by atoms with E-state index in [-0.39, 0.29) is 5.92 Å². The van der Waals surface area contributed by atoms with Gasteiger partial charge in [-0.3, -0.25) is 0 Å². The lowest BCUT2D eigenvalue weighted by atomic mass is 9.80. The summed E-state index contributed by atoms with van der Waals surface area (Å²) in [6.07, 6.45) is 0.521. The summed E-state index contributed by atoms with van der Waals surface area (Å²) in [5.74, 6) is -0.781. The highest BCUT2D eigenvalue weighted by Crippen LogP contribution is 2.41. The summed E-state index contributed by atoms with van der Waals surface area (Å²) in [6.45, 7) is 2.05. The number of hydrogen-bond acceptors (Lipinski definition) is 2. The first kappa shape index (κ1) is 14.0. The van der Waals surface area contributed by atoms with Crippen molar-refractivity contribution in [2.45, 2.75) is 25.3 Å². The van der Waals surface area contributed by atoms with E-state index in [9.17, 15) is 9.90 Å². The van der Waals surface area contributed by atoms with E-state index in [1.165, 1.54) is 5.56 Å². The molecule has 1 aliphatic heterocycles. The fraction of sp³-hybridized carbons (Fsp3) is 0.235. The van der Waals surface area contributed by atoms with Crippen LogP contribution in [0.5, 0.6) is 0 Å². The van der Waals surface area contributed by atoms with Gasteiger partial charge in [-0.05, 0) is 48.2 Å². The molecule has 0 saturated heterocycles. The van der Waals surface area contributed by atoms with Crippen molar-refractivity contribution in [2.75, 3.05) is 5.32 Å². The molecule has 0 aromatic heterocycles. The van der Waals surface area contributed by atoms with Crippen molar-refractivity contribution >= 4 is 23.3 Å². The highest BCUT2D eigenvalue weighted by atomic mass is 35.5. The van der Waals surface area contributed by atoms with Crippen molar-refractivity contribution in [3.8, 4) is 0 Å². The van der Waals surface area contributed by atoms with Crippen LogP contribution in [0, 0.1) is 6.92 Å². The van der Waals surface area contributed by atoms with Gasteiger partial charge in [0.15, 0.2) is 0 Å². The van der Waals surface area contributed by atoms with Gasteiger partial charge in [0.1, 0.15) is 6.04 Å². The van der Waals surface area contributed by atoms with Gasteiger partial charge in [0, 0.05) is 16.6 Å². The first-order chi connectivity index (χ1) is 10.1. The van der Waals surface area contributed by atoms with Crippen LogP contribution in [0.4, 0.5) is 5.69 Å². The van der Waals surface area contributed by atoms with E-state index in [4.69, 9.17) is 11.6 Å². The van der Waals surface area contributed by atoms with Crippen LogP contribution in [0.1, 0.15) is 29.0 Å². The monoisotopic (exact) mass is 301 g/mol. The predicted molar refractivity (Wildman–Crippen MR) is 84.1 cm³/mol. The Morgan fingerprint density at radius 1 is 1.24 bits per heavy atom. The number of carboxylic acids is 1. The molecule has 0 saturated carbocycles. The molecule has 0 fully saturated rings. The Labute approximate surface area is 128 Å². The van der Waals surface area contributed by atoms with Gasteiger partial charge in [-0.1, -0.05) is 35.9 Å². The number of nitrogens with one attached hydrogen (secondary N) is 1. The Balaban J connectivity index is 2.13. The third-order valence-electron chi connectivity index (χ3n) is 4.05. The Morgan fingerprint density at radius 2 is 2.00 bits per heavy atom. The number of hydrogen-bond donors (Lipinski definition) is 2. The lowest BCUT2D eigenvalue weighted by molar-refractivity contribution is -0.138. The molecule has 2 aromatic carbocycles. The molecule has 0 spiro atoms. The van der Waals surface area contributed by atoms with Gasteiger partial charge in [0.2, 0.25) is 0 Å². The standard InChI is InChI=1S/C17H16ClNO2/c1-10-4-2-3-5-12(10)13-9-16(17(20)21)19-15-7-6-11(18)8-14(13)15/h2-8,13,16,19H,9H2,1H3,(H,20,21). The topological polar surface area (TPSA) is 49.3 Å². The zero-order valence-electron chi connectivity index (χ0n) is 11.6. The molecule has 21 heavy (non-hydrogen) atoms. The second-order valence-corrected chi connectivity index (χ2v) is 5.85. The number of carboxylic acid groups (broad SMARTS) is 1. The zero-order valence-corrected chi connectivity index (χ0v) is 12.4.